The Kier molecular flexibility index (Phi) is 5.09. The number of hydrogen-bond donors (Lipinski definition) is 2. The Labute approximate surface area is 165 Å². The number of halogens is 1. The van der Waals surface area contributed by atoms with Crippen LogP contribution in [0.25, 0.3) is 5.57 Å². The molecule has 2 aromatic carbocycles. The number of methoxy groups -OCH3 is 1. The van der Waals surface area contributed by atoms with E-state index in [4.69, 9.17) is 9.26 Å². The predicted octanol–water partition coefficient (Wildman–Crippen LogP) is 2.67. The molecule has 29 heavy (non-hydrogen) atoms. The monoisotopic (exact) mass is 395 g/mol. The number of nitrogens with zero attached hydrogens (tertiary/aromatic N) is 2. The van der Waals surface area contributed by atoms with E-state index in [0.29, 0.717) is 5.82 Å². The molecule has 0 bridgehead atoms. The number of aromatic nitrogens is 2. The zero-order valence-electron chi connectivity index (χ0n) is 15.6. The van der Waals surface area contributed by atoms with Crippen molar-refractivity contribution >= 4 is 11.5 Å². The largest absolute Gasteiger partial charge is 0.497 e. The molecule has 0 radical (unpaired) electrons. The number of amides is 1. The van der Waals surface area contributed by atoms with E-state index in [1.165, 1.54) is 24.3 Å². The van der Waals surface area contributed by atoms with Crippen LogP contribution in [0.3, 0.4) is 0 Å². The second-order valence-electron chi connectivity index (χ2n) is 6.52. The smallest absolute Gasteiger partial charge is 0.251 e. The molecule has 1 atom stereocenters. The van der Waals surface area contributed by atoms with Crippen molar-refractivity contribution in [2.75, 3.05) is 13.7 Å². The first kappa shape index (κ1) is 18.8. The SMILES string of the molecule is COc1ccc2c(c1)C(c1noc([C@H](CO)NC(=O)c3ccc(F)cc3)n1)=CC2. The fourth-order valence-corrected chi connectivity index (χ4v) is 3.16. The molecule has 7 nitrogen and oxygen atoms in total. The van der Waals surface area contributed by atoms with Crippen LogP contribution in [0, 0.1) is 5.82 Å². The minimum Gasteiger partial charge on any atom is -0.497 e. The van der Waals surface area contributed by atoms with E-state index in [1.807, 2.05) is 24.3 Å². The molecule has 0 saturated heterocycles. The van der Waals surface area contributed by atoms with Gasteiger partial charge in [0.15, 0.2) is 0 Å². The lowest BCUT2D eigenvalue weighted by Gasteiger charge is -2.12. The summed E-state index contributed by atoms with van der Waals surface area (Å²) < 4.78 is 23.6. The van der Waals surface area contributed by atoms with Gasteiger partial charge >= 0.3 is 0 Å². The molecule has 1 amide bonds. The van der Waals surface area contributed by atoms with Crippen molar-refractivity contribution < 1.29 is 23.6 Å². The van der Waals surface area contributed by atoms with E-state index in [0.717, 1.165) is 28.9 Å². The zero-order valence-corrected chi connectivity index (χ0v) is 15.6. The van der Waals surface area contributed by atoms with Crippen molar-refractivity contribution in [3.63, 3.8) is 0 Å². The molecule has 1 aromatic heterocycles. The second kappa shape index (κ2) is 7.84. The minimum atomic E-state index is -0.888. The molecular weight excluding hydrogens is 377 g/mol. The van der Waals surface area contributed by atoms with Gasteiger partial charge in [-0.05, 0) is 53.9 Å². The van der Waals surface area contributed by atoms with Crippen LogP contribution >= 0.6 is 0 Å². The van der Waals surface area contributed by atoms with Crippen LogP contribution in [0.5, 0.6) is 5.75 Å². The van der Waals surface area contributed by atoms with Crippen LogP contribution < -0.4 is 10.1 Å². The van der Waals surface area contributed by atoms with Crippen molar-refractivity contribution in [2.45, 2.75) is 12.5 Å². The first-order valence-electron chi connectivity index (χ1n) is 8.97. The Bertz CT molecular complexity index is 1080. The average molecular weight is 395 g/mol. The molecule has 1 heterocycles. The molecular formula is C21H18FN3O4. The highest BCUT2D eigenvalue weighted by molar-refractivity contribution is 5.94. The van der Waals surface area contributed by atoms with E-state index >= 15 is 0 Å². The van der Waals surface area contributed by atoms with Gasteiger partial charge in [0, 0.05) is 11.1 Å². The van der Waals surface area contributed by atoms with Gasteiger partial charge in [-0.3, -0.25) is 4.79 Å². The van der Waals surface area contributed by atoms with Gasteiger partial charge in [-0.15, -0.1) is 0 Å². The van der Waals surface area contributed by atoms with Gasteiger partial charge in [0.25, 0.3) is 11.8 Å². The summed E-state index contributed by atoms with van der Waals surface area (Å²) in [4.78, 5) is 16.7. The fraction of sp³-hybridized carbons (Fsp3) is 0.190. The van der Waals surface area contributed by atoms with Crippen LogP contribution in [0.2, 0.25) is 0 Å². The molecule has 148 valence electrons. The lowest BCUT2D eigenvalue weighted by molar-refractivity contribution is 0.0901. The normalized spacial score (nSPS) is 13.6. The van der Waals surface area contributed by atoms with Crippen LogP contribution in [-0.2, 0) is 6.42 Å². The number of rotatable bonds is 6. The molecule has 1 aliphatic rings. The number of aliphatic hydroxyl groups is 1. The zero-order chi connectivity index (χ0) is 20.4. The van der Waals surface area contributed by atoms with Gasteiger partial charge in [0.2, 0.25) is 5.82 Å². The van der Waals surface area contributed by atoms with Crippen molar-refractivity contribution in [1.29, 1.82) is 0 Å². The summed E-state index contributed by atoms with van der Waals surface area (Å²) in [5, 5.41) is 16.3. The molecule has 3 aromatic rings. The summed E-state index contributed by atoms with van der Waals surface area (Å²) in [6.45, 7) is -0.433. The Balaban J connectivity index is 1.54. The molecule has 1 aliphatic carbocycles. The first-order chi connectivity index (χ1) is 14.1. The van der Waals surface area contributed by atoms with Gasteiger partial charge in [0.1, 0.15) is 17.6 Å². The number of carbonyl (C=O) groups is 1. The third kappa shape index (κ3) is 3.74. The number of fused-ring (bicyclic) bond motifs is 1. The number of ether oxygens (including phenoxy) is 1. The maximum Gasteiger partial charge on any atom is 0.251 e. The van der Waals surface area contributed by atoms with Gasteiger partial charge in [0.05, 0.1) is 13.7 Å². The van der Waals surface area contributed by atoms with Gasteiger partial charge < -0.3 is 19.7 Å². The third-order valence-corrected chi connectivity index (χ3v) is 4.71. The highest BCUT2D eigenvalue weighted by Gasteiger charge is 2.25. The maximum atomic E-state index is 13.0. The van der Waals surface area contributed by atoms with Crippen LogP contribution in [0.4, 0.5) is 4.39 Å². The van der Waals surface area contributed by atoms with Crippen molar-refractivity contribution in [2.24, 2.45) is 0 Å². The van der Waals surface area contributed by atoms with Crippen molar-refractivity contribution in [1.82, 2.24) is 15.5 Å². The summed E-state index contributed by atoms with van der Waals surface area (Å²) in [5.74, 6) is 0.235. The summed E-state index contributed by atoms with van der Waals surface area (Å²) in [6.07, 6.45) is 2.73. The number of benzene rings is 2. The summed E-state index contributed by atoms with van der Waals surface area (Å²) in [7, 11) is 1.60. The van der Waals surface area contributed by atoms with E-state index in [2.05, 4.69) is 15.5 Å². The Hall–Kier alpha value is -3.52. The van der Waals surface area contributed by atoms with Gasteiger partial charge in [-0.2, -0.15) is 4.98 Å². The quantitative estimate of drug-likeness (QED) is 0.666. The van der Waals surface area contributed by atoms with E-state index in [9.17, 15) is 14.3 Å². The number of hydrogen-bond acceptors (Lipinski definition) is 6. The lowest BCUT2D eigenvalue weighted by atomic mass is 10.0. The molecule has 0 saturated carbocycles. The van der Waals surface area contributed by atoms with E-state index in [-0.39, 0.29) is 11.5 Å². The molecule has 8 heteroatoms. The number of nitrogens with one attached hydrogen (secondary N) is 1. The van der Waals surface area contributed by atoms with Crippen LogP contribution in [0.15, 0.2) is 53.1 Å². The van der Waals surface area contributed by atoms with Crippen molar-refractivity contribution in [3.05, 3.63) is 82.8 Å². The molecule has 4 rings (SSSR count). The first-order valence-corrected chi connectivity index (χ1v) is 8.97. The Morgan fingerprint density at radius 2 is 2.10 bits per heavy atom. The minimum absolute atomic E-state index is 0.0789. The van der Waals surface area contributed by atoms with Crippen LogP contribution in [-0.4, -0.2) is 34.9 Å². The number of carbonyl (C=O) groups excluding carboxylic acids is 1. The third-order valence-electron chi connectivity index (χ3n) is 4.71. The van der Waals surface area contributed by atoms with Crippen LogP contribution in [0.1, 0.15) is 39.2 Å². The highest BCUT2D eigenvalue weighted by atomic mass is 19.1. The fourth-order valence-electron chi connectivity index (χ4n) is 3.16. The lowest BCUT2D eigenvalue weighted by Crippen LogP contribution is -2.31. The number of aliphatic hydroxyl groups excluding tert-OH is 1. The van der Waals surface area contributed by atoms with E-state index in [1.54, 1.807) is 7.11 Å². The maximum absolute atomic E-state index is 13.0. The van der Waals surface area contributed by atoms with Gasteiger partial charge in [-0.1, -0.05) is 17.3 Å². The molecule has 0 spiro atoms. The average Bonchev–Trinajstić information content (AvgIpc) is 3.38. The Morgan fingerprint density at radius 1 is 1.31 bits per heavy atom. The summed E-state index contributed by atoms with van der Waals surface area (Å²) in [5.41, 5.74) is 3.13. The molecule has 2 N–H and O–H groups in total. The molecule has 0 aliphatic heterocycles. The van der Waals surface area contributed by atoms with E-state index < -0.39 is 24.4 Å². The summed E-state index contributed by atoms with van der Waals surface area (Å²) in [6, 6.07) is 9.97. The highest BCUT2D eigenvalue weighted by Crippen LogP contribution is 2.34. The predicted molar refractivity (Wildman–Crippen MR) is 102 cm³/mol. The molecule has 0 fully saturated rings. The van der Waals surface area contributed by atoms with Crippen molar-refractivity contribution in [3.8, 4) is 5.75 Å². The van der Waals surface area contributed by atoms with Gasteiger partial charge in [-0.25, -0.2) is 4.39 Å². The standard InChI is InChI=1S/C21H18FN3O4/c1-28-15-8-4-12-5-9-16(17(12)10-15)19-24-21(29-25-19)18(11-26)23-20(27)13-2-6-14(22)7-3-13/h2-4,6-10,18,26H,5,11H2,1H3,(H,23,27)/t18-/m0/s1. The number of allylic oxidation sites excluding steroid dienone is 1. The second-order valence-corrected chi connectivity index (χ2v) is 6.52. The Morgan fingerprint density at radius 3 is 2.83 bits per heavy atom. The molecule has 0 unspecified atom stereocenters. The summed E-state index contributed by atoms with van der Waals surface area (Å²) >= 11 is 0. The topological polar surface area (TPSA) is 97.5 Å².